The van der Waals surface area contributed by atoms with Crippen molar-refractivity contribution >= 4 is 21.8 Å². The van der Waals surface area contributed by atoms with E-state index in [0.717, 1.165) is 30.5 Å². The lowest BCUT2D eigenvalue weighted by atomic mass is 10.0. The van der Waals surface area contributed by atoms with Crippen LogP contribution in [0.2, 0.25) is 0 Å². The average Bonchev–Trinajstić information content (AvgIpc) is 2.38. The SMILES string of the molecule is O=C(NCC1CCCOC1)c1ccccc1Br. The summed E-state index contributed by atoms with van der Waals surface area (Å²) in [5.41, 5.74) is 0.684. The van der Waals surface area contributed by atoms with Gasteiger partial charge in [-0.05, 0) is 46.8 Å². The number of nitrogens with one attached hydrogen (secondary N) is 1. The maximum Gasteiger partial charge on any atom is 0.252 e. The number of hydrogen-bond acceptors (Lipinski definition) is 2. The Hall–Kier alpha value is -0.870. The molecule has 4 heteroatoms. The lowest BCUT2D eigenvalue weighted by molar-refractivity contribution is 0.0536. The summed E-state index contributed by atoms with van der Waals surface area (Å²) in [5, 5.41) is 2.96. The third kappa shape index (κ3) is 3.54. The third-order valence-electron chi connectivity index (χ3n) is 2.92. The van der Waals surface area contributed by atoms with E-state index < -0.39 is 0 Å². The molecule has 0 saturated carbocycles. The van der Waals surface area contributed by atoms with Crippen LogP contribution in [-0.2, 0) is 4.74 Å². The Bertz CT molecular complexity index is 389. The zero-order valence-electron chi connectivity index (χ0n) is 9.62. The molecule has 3 nitrogen and oxygen atoms in total. The Morgan fingerprint density at radius 3 is 3.00 bits per heavy atom. The highest BCUT2D eigenvalue weighted by Gasteiger charge is 2.16. The summed E-state index contributed by atoms with van der Waals surface area (Å²) in [6, 6.07) is 7.45. The second-order valence-electron chi connectivity index (χ2n) is 4.27. The summed E-state index contributed by atoms with van der Waals surface area (Å²) in [7, 11) is 0. The monoisotopic (exact) mass is 297 g/mol. The first-order valence-corrected chi connectivity index (χ1v) is 6.67. The molecule has 1 heterocycles. The van der Waals surface area contributed by atoms with Crippen molar-refractivity contribution in [3.05, 3.63) is 34.3 Å². The van der Waals surface area contributed by atoms with E-state index in [4.69, 9.17) is 4.74 Å². The summed E-state index contributed by atoms with van der Waals surface area (Å²) in [6.45, 7) is 2.31. The van der Waals surface area contributed by atoms with Crippen molar-refractivity contribution in [1.82, 2.24) is 5.32 Å². The van der Waals surface area contributed by atoms with E-state index >= 15 is 0 Å². The quantitative estimate of drug-likeness (QED) is 0.931. The first-order chi connectivity index (χ1) is 8.27. The minimum atomic E-state index is -0.0250. The molecule has 1 N–H and O–H groups in total. The molecule has 1 unspecified atom stereocenters. The number of rotatable bonds is 3. The van der Waals surface area contributed by atoms with E-state index in [1.165, 1.54) is 0 Å². The highest BCUT2D eigenvalue weighted by atomic mass is 79.9. The van der Waals surface area contributed by atoms with E-state index in [1.807, 2.05) is 24.3 Å². The number of amides is 1. The van der Waals surface area contributed by atoms with Gasteiger partial charge in [-0.25, -0.2) is 0 Å². The number of carbonyl (C=O) groups excluding carboxylic acids is 1. The Balaban J connectivity index is 1.87. The second kappa shape index (κ2) is 6.17. The van der Waals surface area contributed by atoms with Crippen molar-refractivity contribution < 1.29 is 9.53 Å². The normalized spacial score (nSPS) is 19.9. The second-order valence-corrected chi connectivity index (χ2v) is 5.13. The summed E-state index contributed by atoms with van der Waals surface area (Å²) >= 11 is 3.38. The molecule has 0 spiro atoms. The van der Waals surface area contributed by atoms with Gasteiger partial charge in [0.1, 0.15) is 0 Å². The van der Waals surface area contributed by atoms with E-state index in [0.29, 0.717) is 18.0 Å². The van der Waals surface area contributed by atoms with Crippen LogP contribution in [0.4, 0.5) is 0 Å². The summed E-state index contributed by atoms with van der Waals surface area (Å²) in [5.74, 6) is 0.429. The summed E-state index contributed by atoms with van der Waals surface area (Å²) in [6.07, 6.45) is 2.23. The van der Waals surface area contributed by atoms with Crippen LogP contribution in [0.5, 0.6) is 0 Å². The molecule has 0 bridgehead atoms. The van der Waals surface area contributed by atoms with E-state index in [9.17, 15) is 4.79 Å². The van der Waals surface area contributed by atoms with Crippen LogP contribution < -0.4 is 5.32 Å². The zero-order valence-corrected chi connectivity index (χ0v) is 11.2. The molecule has 1 aliphatic heterocycles. The van der Waals surface area contributed by atoms with Gasteiger partial charge in [0.05, 0.1) is 12.2 Å². The Morgan fingerprint density at radius 2 is 2.29 bits per heavy atom. The van der Waals surface area contributed by atoms with Gasteiger partial charge < -0.3 is 10.1 Å². The summed E-state index contributed by atoms with van der Waals surface area (Å²) < 4.78 is 6.21. The Morgan fingerprint density at radius 1 is 1.47 bits per heavy atom. The highest BCUT2D eigenvalue weighted by Crippen LogP contribution is 2.16. The molecular weight excluding hydrogens is 282 g/mol. The molecule has 1 fully saturated rings. The van der Waals surface area contributed by atoms with Crippen molar-refractivity contribution in [2.45, 2.75) is 12.8 Å². The third-order valence-corrected chi connectivity index (χ3v) is 3.62. The van der Waals surface area contributed by atoms with Crippen molar-refractivity contribution in [2.24, 2.45) is 5.92 Å². The van der Waals surface area contributed by atoms with Gasteiger partial charge in [0.25, 0.3) is 5.91 Å². The minimum absolute atomic E-state index is 0.0250. The number of ether oxygens (including phenoxy) is 1. The van der Waals surface area contributed by atoms with Crippen molar-refractivity contribution in [3.8, 4) is 0 Å². The molecule has 1 atom stereocenters. The van der Waals surface area contributed by atoms with Gasteiger partial charge in [-0.3, -0.25) is 4.79 Å². The van der Waals surface area contributed by atoms with Gasteiger partial charge >= 0.3 is 0 Å². The van der Waals surface area contributed by atoms with Crippen molar-refractivity contribution in [2.75, 3.05) is 19.8 Å². The Kier molecular flexibility index (Phi) is 4.57. The number of benzene rings is 1. The highest BCUT2D eigenvalue weighted by molar-refractivity contribution is 9.10. The molecule has 1 saturated heterocycles. The first-order valence-electron chi connectivity index (χ1n) is 5.88. The summed E-state index contributed by atoms with van der Waals surface area (Å²) in [4.78, 5) is 11.9. The molecule has 92 valence electrons. The molecule has 0 aliphatic carbocycles. The molecule has 0 radical (unpaired) electrons. The molecular formula is C13H16BrNO2. The predicted molar refractivity (Wildman–Crippen MR) is 70.0 cm³/mol. The minimum Gasteiger partial charge on any atom is -0.381 e. The molecule has 1 aromatic rings. The van der Waals surface area contributed by atoms with Crippen LogP contribution in [0, 0.1) is 5.92 Å². The van der Waals surface area contributed by atoms with Crippen LogP contribution >= 0.6 is 15.9 Å². The topological polar surface area (TPSA) is 38.3 Å². The molecule has 2 rings (SSSR count). The van der Waals surface area contributed by atoms with Gasteiger partial charge in [-0.1, -0.05) is 12.1 Å². The lowest BCUT2D eigenvalue weighted by Crippen LogP contribution is -2.33. The largest absolute Gasteiger partial charge is 0.381 e. The number of carbonyl (C=O) groups is 1. The smallest absolute Gasteiger partial charge is 0.252 e. The zero-order chi connectivity index (χ0) is 12.1. The van der Waals surface area contributed by atoms with Gasteiger partial charge in [0.15, 0.2) is 0 Å². The molecule has 1 aliphatic rings. The maximum absolute atomic E-state index is 11.9. The molecule has 1 amide bonds. The van der Waals surface area contributed by atoms with E-state index in [1.54, 1.807) is 0 Å². The number of halogens is 1. The van der Waals surface area contributed by atoms with E-state index in [-0.39, 0.29) is 5.91 Å². The standard InChI is InChI=1S/C13H16BrNO2/c14-12-6-2-1-5-11(12)13(16)15-8-10-4-3-7-17-9-10/h1-2,5-6,10H,3-4,7-9H2,(H,15,16). The number of hydrogen-bond donors (Lipinski definition) is 1. The van der Waals surface area contributed by atoms with Crippen molar-refractivity contribution in [1.29, 1.82) is 0 Å². The van der Waals surface area contributed by atoms with Crippen LogP contribution in [0.15, 0.2) is 28.7 Å². The van der Waals surface area contributed by atoms with Gasteiger partial charge in [0, 0.05) is 17.6 Å². The molecule has 0 aromatic heterocycles. The fourth-order valence-corrected chi connectivity index (χ4v) is 2.41. The average molecular weight is 298 g/mol. The maximum atomic E-state index is 11.9. The first kappa shape index (κ1) is 12.6. The van der Waals surface area contributed by atoms with Crippen LogP contribution in [-0.4, -0.2) is 25.7 Å². The van der Waals surface area contributed by atoms with Gasteiger partial charge in [-0.2, -0.15) is 0 Å². The van der Waals surface area contributed by atoms with Crippen molar-refractivity contribution in [3.63, 3.8) is 0 Å². The fraction of sp³-hybridized carbons (Fsp3) is 0.462. The lowest BCUT2D eigenvalue weighted by Gasteiger charge is -2.22. The predicted octanol–water partition coefficient (Wildman–Crippen LogP) is 2.61. The van der Waals surface area contributed by atoms with Crippen LogP contribution in [0.1, 0.15) is 23.2 Å². The van der Waals surface area contributed by atoms with Gasteiger partial charge in [-0.15, -0.1) is 0 Å². The molecule has 1 aromatic carbocycles. The fourth-order valence-electron chi connectivity index (χ4n) is 1.95. The van der Waals surface area contributed by atoms with Gasteiger partial charge in [0.2, 0.25) is 0 Å². The van der Waals surface area contributed by atoms with Crippen LogP contribution in [0.25, 0.3) is 0 Å². The van der Waals surface area contributed by atoms with Crippen LogP contribution in [0.3, 0.4) is 0 Å². The Labute approximate surface area is 110 Å². The molecule has 17 heavy (non-hydrogen) atoms. The van der Waals surface area contributed by atoms with E-state index in [2.05, 4.69) is 21.2 Å².